The molecular weight excluding hydrogens is 522 g/mol. The van der Waals surface area contributed by atoms with Crippen molar-refractivity contribution in [3.63, 3.8) is 0 Å². The molecule has 0 radical (unpaired) electrons. The van der Waals surface area contributed by atoms with Crippen molar-refractivity contribution in [2.24, 2.45) is 0 Å². The van der Waals surface area contributed by atoms with Crippen molar-refractivity contribution in [3.8, 4) is 16.9 Å². The lowest BCUT2D eigenvalue weighted by Gasteiger charge is -2.24. The molecule has 0 spiro atoms. The first-order valence-electron chi connectivity index (χ1n) is 12.4. The van der Waals surface area contributed by atoms with Crippen LogP contribution in [-0.2, 0) is 6.42 Å². The van der Waals surface area contributed by atoms with Crippen LogP contribution < -0.4 is 0 Å². The predicted octanol–water partition coefficient (Wildman–Crippen LogP) is 8.05. The zero-order valence-electron chi connectivity index (χ0n) is 20.1. The fraction of sp³-hybridized carbons (Fsp3) is 0.0909. The minimum Gasteiger partial charge on any atom is -0.313 e. The Morgan fingerprint density at radius 1 is 0.730 bits per heavy atom. The van der Waals surface area contributed by atoms with Crippen molar-refractivity contribution >= 4 is 27.5 Å². The van der Waals surface area contributed by atoms with Gasteiger partial charge < -0.3 is 4.57 Å². The molecule has 1 aromatic heterocycles. The molecule has 0 aliphatic heterocycles. The van der Waals surface area contributed by atoms with Gasteiger partial charge in [0.25, 0.3) is 0 Å². The van der Waals surface area contributed by atoms with Gasteiger partial charge in [0, 0.05) is 39.0 Å². The van der Waals surface area contributed by atoms with Crippen molar-refractivity contribution < 1.29 is 9.59 Å². The third-order valence-electron chi connectivity index (χ3n) is 7.09. The molecule has 0 N–H and O–H groups in total. The third kappa shape index (κ3) is 4.49. The first kappa shape index (κ1) is 23.4. The van der Waals surface area contributed by atoms with E-state index in [2.05, 4.69) is 44.8 Å². The van der Waals surface area contributed by atoms with Gasteiger partial charge in [-0.1, -0.05) is 101 Å². The van der Waals surface area contributed by atoms with E-state index in [1.165, 1.54) is 5.56 Å². The molecule has 1 atom stereocenters. The normalized spacial score (nSPS) is 14.8. The summed E-state index contributed by atoms with van der Waals surface area (Å²) in [5.74, 6) is 0.248. The van der Waals surface area contributed by atoms with Gasteiger partial charge in [-0.2, -0.15) is 0 Å². The van der Waals surface area contributed by atoms with E-state index in [1.54, 1.807) is 0 Å². The summed E-state index contributed by atoms with van der Waals surface area (Å²) < 4.78 is 3.17. The quantitative estimate of drug-likeness (QED) is 0.209. The molecule has 180 valence electrons. The van der Waals surface area contributed by atoms with Crippen LogP contribution in [0.4, 0.5) is 0 Å². The van der Waals surface area contributed by atoms with Crippen molar-refractivity contribution in [3.05, 3.63) is 148 Å². The SMILES string of the molecule is O=C(c1ccccc1)c1cccc(-n2c(-c3ccc(Br)cc3)cc3c2CC(c2ccccc2)CC3=O)c1. The Morgan fingerprint density at radius 3 is 2.14 bits per heavy atom. The molecule has 3 nitrogen and oxygen atoms in total. The Morgan fingerprint density at radius 2 is 1.41 bits per heavy atom. The molecule has 4 heteroatoms. The van der Waals surface area contributed by atoms with Crippen LogP contribution in [0, 0.1) is 0 Å². The second kappa shape index (κ2) is 9.79. The molecule has 0 saturated heterocycles. The maximum Gasteiger partial charge on any atom is 0.193 e. The molecule has 4 aromatic carbocycles. The summed E-state index contributed by atoms with van der Waals surface area (Å²) in [6, 6.07) is 37.5. The lowest BCUT2D eigenvalue weighted by Crippen LogP contribution is -2.20. The van der Waals surface area contributed by atoms with E-state index in [9.17, 15) is 9.59 Å². The highest BCUT2D eigenvalue weighted by Crippen LogP contribution is 2.39. The number of Topliss-reactive ketones (excluding diaryl/α,β-unsaturated/α-hetero) is 1. The monoisotopic (exact) mass is 545 g/mol. The maximum atomic E-state index is 13.4. The standard InChI is InChI=1S/C33H24BrNO2/c34-27-16-14-23(15-17-27)30-21-29-31(19-26(20-32(29)36)22-8-3-1-4-9-22)35(30)28-13-7-12-25(18-28)33(37)24-10-5-2-6-11-24/h1-18,21,26H,19-20H2. The maximum absolute atomic E-state index is 13.4. The highest BCUT2D eigenvalue weighted by molar-refractivity contribution is 9.10. The molecule has 37 heavy (non-hydrogen) atoms. The van der Waals surface area contributed by atoms with Crippen LogP contribution in [0.15, 0.2) is 120 Å². The minimum atomic E-state index is -0.0214. The van der Waals surface area contributed by atoms with E-state index in [-0.39, 0.29) is 17.5 Å². The van der Waals surface area contributed by atoms with Crippen LogP contribution in [0.3, 0.4) is 0 Å². The average Bonchev–Trinajstić information content (AvgIpc) is 3.34. The molecular formula is C33H24BrNO2. The molecule has 0 bridgehead atoms. The molecule has 0 fully saturated rings. The van der Waals surface area contributed by atoms with E-state index >= 15 is 0 Å². The number of benzene rings is 4. The fourth-order valence-electron chi connectivity index (χ4n) is 5.26. The largest absolute Gasteiger partial charge is 0.313 e. The number of halogens is 1. The van der Waals surface area contributed by atoms with Crippen LogP contribution in [0.5, 0.6) is 0 Å². The molecule has 1 heterocycles. The smallest absolute Gasteiger partial charge is 0.193 e. The molecule has 0 amide bonds. The van der Waals surface area contributed by atoms with E-state index < -0.39 is 0 Å². The van der Waals surface area contributed by atoms with Gasteiger partial charge in [-0.3, -0.25) is 9.59 Å². The highest BCUT2D eigenvalue weighted by atomic mass is 79.9. The zero-order valence-corrected chi connectivity index (χ0v) is 21.7. The van der Waals surface area contributed by atoms with Crippen molar-refractivity contribution in [1.29, 1.82) is 0 Å². The number of hydrogen-bond donors (Lipinski definition) is 0. The zero-order chi connectivity index (χ0) is 25.4. The first-order chi connectivity index (χ1) is 18.1. The summed E-state index contributed by atoms with van der Waals surface area (Å²) in [6.07, 6.45) is 1.24. The molecule has 0 saturated carbocycles. The summed E-state index contributed by atoms with van der Waals surface area (Å²) in [6.45, 7) is 0. The van der Waals surface area contributed by atoms with Gasteiger partial charge in [-0.15, -0.1) is 0 Å². The van der Waals surface area contributed by atoms with Gasteiger partial charge in [0.05, 0.1) is 5.69 Å². The number of carbonyl (C=O) groups excluding carboxylic acids is 2. The number of rotatable bonds is 5. The number of ketones is 2. The van der Waals surface area contributed by atoms with Crippen LogP contribution in [-0.4, -0.2) is 16.1 Å². The fourth-order valence-corrected chi connectivity index (χ4v) is 5.53. The minimum absolute atomic E-state index is 0.0214. The second-order valence-electron chi connectivity index (χ2n) is 9.42. The summed E-state index contributed by atoms with van der Waals surface area (Å²) in [4.78, 5) is 26.7. The lowest BCUT2D eigenvalue weighted by molar-refractivity contribution is 0.0962. The number of fused-ring (bicyclic) bond motifs is 1. The summed E-state index contributed by atoms with van der Waals surface area (Å²) in [5, 5.41) is 0. The molecule has 1 aliphatic rings. The Hall–Kier alpha value is -4.02. The summed E-state index contributed by atoms with van der Waals surface area (Å²) in [5.41, 5.74) is 7.05. The molecule has 1 unspecified atom stereocenters. The van der Waals surface area contributed by atoms with E-state index in [4.69, 9.17) is 0 Å². The van der Waals surface area contributed by atoms with E-state index in [1.807, 2.05) is 91.0 Å². The molecule has 6 rings (SSSR count). The number of carbonyl (C=O) groups is 2. The van der Waals surface area contributed by atoms with Gasteiger partial charge in [-0.25, -0.2) is 0 Å². The van der Waals surface area contributed by atoms with Gasteiger partial charge in [0.15, 0.2) is 11.6 Å². The number of hydrogen-bond acceptors (Lipinski definition) is 2. The van der Waals surface area contributed by atoms with Crippen LogP contribution in [0.1, 0.15) is 49.9 Å². The lowest BCUT2D eigenvalue weighted by atomic mass is 9.82. The highest BCUT2D eigenvalue weighted by Gasteiger charge is 2.31. The van der Waals surface area contributed by atoms with Gasteiger partial charge >= 0.3 is 0 Å². The predicted molar refractivity (Wildman–Crippen MR) is 151 cm³/mol. The number of aromatic nitrogens is 1. The molecule has 1 aliphatic carbocycles. The van der Waals surface area contributed by atoms with Crippen molar-refractivity contribution in [2.45, 2.75) is 18.8 Å². The van der Waals surface area contributed by atoms with Crippen LogP contribution in [0.2, 0.25) is 0 Å². The van der Waals surface area contributed by atoms with E-state index in [0.717, 1.165) is 39.1 Å². The van der Waals surface area contributed by atoms with Gasteiger partial charge in [0.1, 0.15) is 0 Å². The summed E-state index contributed by atoms with van der Waals surface area (Å²) >= 11 is 3.53. The Balaban J connectivity index is 1.51. The summed E-state index contributed by atoms with van der Waals surface area (Å²) in [7, 11) is 0. The second-order valence-corrected chi connectivity index (χ2v) is 10.3. The van der Waals surface area contributed by atoms with Crippen LogP contribution >= 0.6 is 15.9 Å². The number of nitrogens with zero attached hydrogens (tertiary/aromatic N) is 1. The van der Waals surface area contributed by atoms with Gasteiger partial charge in [-0.05, 0) is 53.8 Å². The topological polar surface area (TPSA) is 39.1 Å². The Bertz CT molecular complexity index is 1600. The average molecular weight is 546 g/mol. The third-order valence-corrected chi connectivity index (χ3v) is 7.62. The Kier molecular flexibility index (Phi) is 6.19. The van der Waals surface area contributed by atoms with Crippen molar-refractivity contribution in [2.75, 3.05) is 0 Å². The first-order valence-corrected chi connectivity index (χ1v) is 13.2. The van der Waals surface area contributed by atoms with Gasteiger partial charge in [0.2, 0.25) is 0 Å². The van der Waals surface area contributed by atoms with Crippen LogP contribution in [0.25, 0.3) is 16.9 Å². The molecule has 5 aromatic rings. The van der Waals surface area contributed by atoms with Crippen molar-refractivity contribution in [1.82, 2.24) is 4.57 Å². The Labute approximate surface area is 224 Å². The van der Waals surface area contributed by atoms with E-state index in [0.29, 0.717) is 17.5 Å².